The number of amides is 1. The number of fused-ring (bicyclic) bond motifs is 1. The van der Waals surface area contributed by atoms with Crippen molar-refractivity contribution in [3.63, 3.8) is 0 Å². The molecule has 5 nitrogen and oxygen atoms in total. The monoisotopic (exact) mass is 326 g/mol. The average molecular weight is 326 g/mol. The number of pyridine rings is 1. The summed E-state index contributed by atoms with van der Waals surface area (Å²) in [6.45, 7) is 4.02. The molecular formula is C17H18N4OS. The minimum absolute atomic E-state index is 0.0139. The quantitative estimate of drug-likeness (QED) is 0.700. The molecule has 1 atom stereocenters. The first-order valence-corrected chi connectivity index (χ1v) is 8.37. The van der Waals surface area contributed by atoms with Crippen LogP contribution in [0, 0.1) is 6.92 Å². The zero-order chi connectivity index (χ0) is 16.2. The number of nitrogens with one attached hydrogen (secondary N) is 2. The summed E-state index contributed by atoms with van der Waals surface area (Å²) in [5.41, 5.74) is 3.72. The van der Waals surface area contributed by atoms with Crippen LogP contribution >= 0.6 is 11.8 Å². The van der Waals surface area contributed by atoms with Gasteiger partial charge in [-0.15, -0.1) is 0 Å². The second-order valence-electron chi connectivity index (χ2n) is 5.30. The Morgan fingerprint density at radius 1 is 1.30 bits per heavy atom. The molecule has 3 rings (SSSR count). The van der Waals surface area contributed by atoms with E-state index in [0.29, 0.717) is 0 Å². The van der Waals surface area contributed by atoms with Crippen molar-refractivity contribution in [2.45, 2.75) is 30.7 Å². The molecule has 0 unspecified atom stereocenters. The van der Waals surface area contributed by atoms with E-state index in [1.165, 1.54) is 17.3 Å². The van der Waals surface area contributed by atoms with Gasteiger partial charge >= 0.3 is 0 Å². The average Bonchev–Trinajstić information content (AvgIpc) is 2.97. The standard InChI is InChI=1S/C17H18N4OS/c1-3-15(16(22)19-12-6-4-11(2)5-7-12)23-17-20-13-8-9-18-10-14(13)21-17/h4-10,15H,3H2,1-2H3,(H,19,22)(H,20,21)/t15-/m0/s1. The molecule has 0 radical (unpaired) electrons. The first-order valence-electron chi connectivity index (χ1n) is 7.49. The molecule has 0 saturated heterocycles. The van der Waals surface area contributed by atoms with Gasteiger partial charge in [0.05, 0.1) is 22.5 Å². The van der Waals surface area contributed by atoms with Crippen molar-refractivity contribution >= 4 is 34.4 Å². The van der Waals surface area contributed by atoms with E-state index in [1.54, 1.807) is 12.4 Å². The summed E-state index contributed by atoms with van der Waals surface area (Å²) in [5, 5.41) is 3.49. The van der Waals surface area contributed by atoms with Gasteiger partial charge in [0.1, 0.15) is 0 Å². The summed E-state index contributed by atoms with van der Waals surface area (Å²) in [6.07, 6.45) is 4.16. The van der Waals surface area contributed by atoms with Crippen LogP contribution in [-0.4, -0.2) is 26.1 Å². The van der Waals surface area contributed by atoms with Crippen LogP contribution in [0.3, 0.4) is 0 Å². The van der Waals surface area contributed by atoms with Crippen molar-refractivity contribution in [1.82, 2.24) is 15.0 Å². The Bertz CT molecular complexity index is 780. The third-order valence-electron chi connectivity index (χ3n) is 3.50. The third kappa shape index (κ3) is 3.71. The highest BCUT2D eigenvalue weighted by Gasteiger charge is 2.20. The number of carbonyl (C=O) groups is 1. The van der Waals surface area contributed by atoms with Crippen molar-refractivity contribution in [3.05, 3.63) is 48.3 Å². The number of thioether (sulfide) groups is 1. The first-order chi connectivity index (χ1) is 11.2. The highest BCUT2D eigenvalue weighted by molar-refractivity contribution is 8.00. The smallest absolute Gasteiger partial charge is 0.237 e. The van der Waals surface area contributed by atoms with E-state index in [9.17, 15) is 4.79 Å². The minimum Gasteiger partial charge on any atom is -0.332 e. The molecule has 1 aromatic carbocycles. The van der Waals surface area contributed by atoms with Gasteiger partial charge in [-0.05, 0) is 31.5 Å². The summed E-state index contributed by atoms with van der Waals surface area (Å²) in [6, 6.07) is 9.64. The molecule has 23 heavy (non-hydrogen) atoms. The molecule has 1 amide bonds. The topological polar surface area (TPSA) is 70.7 Å². The van der Waals surface area contributed by atoms with E-state index in [-0.39, 0.29) is 11.2 Å². The summed E-state index contributed by atoms with van der Waals surface area (Å²) < 4.78 is 0. The predicted molar refractivity (Wildman–Crippen MR) is 93.6 cm³/mol. The molecule has 0 aliphatic rings. The third-order valence-corrected chi connectivity index (χ3v) is 4.75. The molecule has 0 aliphatic heterocycles. The fraction of sp³-hybridized carbons (Fsp3) is 0.235. The summed E-state index contributed by atoms with van der Waals surface area (Å²) in [4.78, 5) is 24.2. The number of benzene rings is 1. The number of aryl methyl sites for hydroxylation is 1. The number of carbonyl (C=O) groups excluding carboxylic acids is 1. The lowest BCUT2D eigenvalue weighted by Crippen LogP contribution is -2.24. The maximum absolute atomic E-state index is 12.5. The Balaban J connectivity index is 1.71. The number of aromatic amines is 1. The highest BCUT2D eigenvalue weighted by atomic mass is 32.2. The SMILES string of the molecule is CC[C@H](Sc1nc2ccncc2[nH]1)C(=O)Nc1ccc(C)cc1. The van der Waals surface area contributed by atoms with Gasteiger partial charge in [-0.3, -0.25) is 9.78 Å². The summed E-state index contributed by atoms with van der Waals surface area (Å²) in [5.74, 6) is -0.0139. The van der Waals surface area contributed by atoms with Crippen molar-refractivity contribution < 1.29 is 4.79 Å². The zero-order valence-corrected chi connectivity index (χ0v) is 13.9. The molecule has 0 saturated carbocycles. The molecule has 0 aliphatic carbocycles. The molecule has 2 heterocycles. The van der Waals surface area contributed by atoms with E-state index in [4.69, 9.17) is 0 Å². The number of rotatable bonds is 5. The lowest BCUT2D eigenvalue weighted by molar-refractivity contribution is -0.115. The number of nitrogens with zero attached hydrogens (tertiary/aromatic N) is 2. The molecule has 2 N–H and O–H groups in total. The van der Waals surface area contributed by atoms with Gasteiger partial charge in [0.25, 0.3) is 0 Å². The van der Waals surface area contributed by atoms with Crippen LogP contribution in [0.5, 0.6) is 0 Å². The Hall–Kier alpha value is -2.34. The van der Waals surface area contributed by atoms with Crippen LogP contribution in [0.25, 0.3) is 11.0 Å². The molecule has 118 valence electrons. The van der Waals surface area contributed by atoms with Crippen molar-refractivity contribution in [2.75, 3.05) is 5.32 Å². The first kappa shape index (κ1) is 15.6. The van der Waals surface area contributed by atoms with E-state index in [1.807, 2.05) is 44.2 Å². The minimum atomic E-state index is -0.204. The normalized spacial score (nSPS) is 12.3. The van der Waals surface area contributed by atoms with Crippen molar-refractivity contribution in [2.24, 2.45) is 0 Å². The Kier molecular flexibility index (Phi) is 4.62. The van der Waals surface area contributed by atoms with Gasteiger partial charge in [-0.2, -0.15) is 0 Å². The maximum atomic E-state index is 12.5. The molecular weight excluding hydrogens is 308 g/mol. The molecule has 3 aromatic rings. The number of imidazole rings is 1. The van der Waals surface area contributed by atoms with Crippen LogP contribution in [0.4, 0.5) is 5.69 Å². The number of aromatic nitrogens is 3. The number of anilines is 1. The van der Waals surface area contributed by atoms with Gasteiger partial charge in [0, 0.05) is 11.9 Å². The lowest BCUT2D eigenvalue weighted by atomic mass is 10.2. The molecule has 6 heteroatoms. The molecule has 0 spiro atoms. The van der Waals surface area contributed by atoms with Crippen LogP contribution < -0.4 is 5.32 Å². The van der Waals surface area contributed by atoms with E-state index in [0.717, 1.165) is 28.3 Å². The predicted octanol–water partition coefficient (Wildman–Crippen LogP) is 3.78. The Morgan fingerprint density at radius 2 is 2.09 bits per heavy atom. The zero-order valence-electron chi connectivity index (χ0n) is 13.0. The largest absolute Gasteiger partial charge is 0.332 e. The van der Waals surface area contributed by atoms with Crippen molar-refractivity contribution in [3.8, 4) is 0 Å². The van der Waals surface area contributed by atoms with E-state index in [2.05, 4.69) is 20.3 Å². The van der Waals surface area contributed by atoms with E-state index >= 15 is 0 Å². The van der Waals surface area contributed by atoms with Gasteiger partial charge in [-0.25, -0.2) is 4.98 Å². The number of hydrogen-bond donors (Lipinski definition) is 2. The van der Waals surface area contributed by atoms with Crippen molar-refractivity contribution in [1.29, 1.82) is 0 Å². The van der Waals surface area contributed by atoms with Crippen LogP contribution in [0.1, 0.15) is 18.9 Å². The van der Waals surface area contributed by atoms with Gasteiger partial charge in [0.2, 0.25) is 5.91 Å². The number of H-pyrrole nitrogens is 1. The van der Waals surface area contributed by atoms with Gasteiger partial charge in [-0.1, -0.05) is 36.4 Å². The molecule has 2 aromatic heterocycles. The van der Waals surface area contributed by atoms with Crippen LogP contribution in [-0.2, 0) is 4.79 Å². The van der Waals surface area contributed by atoms with Gasteiger partial charge in [0.15, 0.2) is 5.16 Å². The fourth-order valence-corrected chi connectivity index (χ4v) is 3.13. The Morgan fingerprint density at radius 3 is 2.78 bits per heavy atom. The molecule has 0 bridgehead atoms. The van der Waals surface area contributed by atoms with Gasteiger partial charge < -0.3 is 10.3 Å². The summed E-state index contributed by atoms with van der Waals surface area (Å²) in [7, 11) is 0. The Labute approximate surface area is 138 Å². The van der Waals surface area contributed by atoms with Crippen LogP contribution in [0.2, 0.25) is 0 Å². The maximum Gasteiger partial charge on any atom is 0.237 e. The second kappa shape index (κ2) is 6.83. The fourth-order valence-electron chi connectivity index (χ4n) is 2.21. The second-order valence-corrected chi connectivity index (χ2v) is 6.50. The van der Waals surface area contributed by atoms with E-state index < -0.39 is 0 Å². The van der Waals surface area contributed by atoms with Crippen LogP contribution in [0.15, 0.2) is 47.9 Å². The summed E-state index contributed by atoms with van der Waals surface area (Å²) >= 11 is 1.44. The molecule has 0 fully saturated rings. The lowest BCUT2D eigenvalue weighted by Gasteiger charge is -2.13. The highest BCUT2D eigenvalue weighted by Crippen LogP contribution is 2.26. The number of hydrogen-bond acceptors (Lipinski definition) is 4.